The van der Waals surface area contributed by atoms with Crippen molar-refractivity contribution in [1.82, 2.24) is 4.90 Å². The highest BCUT2D eigenvalue weighted by atomic mass is 35.5. The van der Waals surface area contributed by atoms with Crippen molar-refractivity contribution in [3.8, 4) is 0 Å². The fraction of sp³-hybridized carbons (Fsp3) is 0.111. The van der Waals surface area contributed by atoms with Crippen LogP contribution in [-0.2, 0) is 4.79 Å². The maximum Gasteiger partial charge on any atom is 0.253 e. The molecule has 0 aliphatic heterocycles. The first-order valence-corrected chi connectivity index (χ1v) is 7.40. The molecule has 0 bridgehead atoms. The van der Waals surface area contributed by atoms with Crippen LogP contribution >= 0.6 is 11.6 Å². The predicted molar refractivity (Wildman–Crippen MR) is 93.6 cm³/mol. The van der Waals surface area contributed by atoms with Crippen LogP contribution in [0.25, 0.3) is 6.08 Å². The summed E-state index contributed by atoms with van der Waals surface area (Å²) in [5, 5.41) is 3.29. The summed E-state index contributed by atoms with van der Waals surface area (Å²) in [6.45, 7) is 0. The van der Waals surface area contributed by atoms with Crippen molar-refractivity contribution in [2.45, 2.75) is 0 Å². The Balaban J connectivity index is 1.99. The first-order valence-electron chi connectivity index (χ1n) is 7.02. The van der Waals surface area contributed by atoms with Crippen LogP contribution in [0.3, 0.4) is 0 Å². The molecule has 0 unspecified atom stereocenters. The van der Waals surface area contributed by atoms with Crippen LogP contribution in [0.4, 0.5) is 5.69 Å². The highest BCUT2D eigenvalue weighted by Gasteiger charge is 2.06. The Morgan fingerprint density at radius 1 is 1.09 bits per heavy atom. The Kier molecular flexibility index (Phi) is 5.55. The molecule has 2 aromatic carbocycles. The number of nitrogens with zero attached hydrogens (tertiary/aromatic N) is 1. The first-order chi connectivity index (χ1) is 11.0. The summed E-state index contributed by atoms with van der Waals surface area (Å²) in [6, 6.07) is 14.0. The van der Waals surface area contributed by atoms with Gasteiger partial charge in [0.05, 0.1) is 0 Å². The van der Waals surface area contributed by atoms with Gasteiger partial charge in [-0.15, -0.1) is 0 Å². The molecule has 23 heavy (non-hydrogen) atoms. The topological polar surface area (TPSA) is 49.4 Å². The molecule has 0 radical (unpaired) electrons. The van der Waals surface area contributed by atoms with E-state index < -0.39 is 0 Å². The second kappa shape index (κ2) is 7.61. The van der Waals surface area contributed by atoms with Gasteiger partial charge in [0.25, 0.3) is 5.91 Å². The van der Waals surface area contributed by atoms with E-state index in [-0.39, 0.29) is 11.8 Å². The largest absolute Gasteiger partial charge is 0.345 e. The zero-order chi connectivity index (χ0) is 16.8. The van der Waals surface area contributed by atoms with Gasteiger partial charge < -0.3 is 10.2 Å². The smallest absolute Gasteiger partial charge is 0.253 e. The van der Waals surface area contributed by atoms with E-state index in [0.717, 1.165) is 5.56 Å². The Morgan fingerprint density at radius 3 is 2.39 bits per heavy atom. The lowest BCUT2D eigenvalue weighted by Gasteiger charge is -2.09. The standard InChI is InChI=1S/C18H17ClN2O2/c1-21(2)18(23)14-9-6-13(7-10-14)8-11-17(22)20-16-5-3-4-15(19)12-16/h3-12H,1-2H3,(H,20,22)/b11-8+. The number of carbonyl (C=O) groups is 2. The molecule has 5 heteroatoms. The van der Waals surface area contributed by atoms with Crippen LogP contribution in [0.5, 0.6) is 0 Å². The lowest BCUT2D eigenvalue weighted by Crippen LogP contribution is -2.21. The van der Waals surface area contributed by atoms with E-state index in [1.807, 2.05) is 0 Å². The monoisotopic (exact) mass is 328 g/mol. The van der Waals surface area contributed by atoms with Crippen molar-refractivity contribution in [2.75, 3.05) is 19.4 Å². The molecule has 0 aliphatic carbocycles. The molecular formula is C18H17ClN2O2. The molecule has 0 spiro atoms. The maximum absolute atomic E-state index is 11.9. The molecule has 0 fully saturated rings. The third-order valence-corrected chi connectivity index (χ3v) is 3.32. The molecule has 0 aromatic heterocycles. The second-order valence-electron chi connectivity index (χ2n) is 5.15. The van der Waals surface area contributed by atoms with Crippen molar-refractivity contribution >= 4 is 35.2 Å². The van der Waals surface area contributed by atoms with Gasteiger partial charge >= 0.3 is 0 Å². The van der Waals surface area contributed by atoms with Crippen LogP contribution in [0.15, 0.2) is 54.6 Å². The minimum absolute atomic E-state index is 0.0563. The van der Waals surface area contributed by atoms with Crippen molar-refractivity contribution in [2.24, 2.45) is 0 Å². The van der Waals surface area contributed by atoms with Gasteiger partial charge in [-0.2, -0.15) is 0 Å². The number of amides is 2. The summed E-state index contributed by atoms with van der Waals surface area (Å²) in [5.74, 6) is -0.306. The van der Waals surface area contributed by atoms with Crippen LogP contribution in [0.1, 0.15) is 15.9 Å². The summed E-state index contributed by atoms with van der Waals surface area (Å²) in [6.07, 6.45) is 3.12. The Morgan fingerprint density at radius 2 is 1.78 bits per heavy atom. The number of nitrogens with one attached hydrogen (secondary N) is 1. The molecular weight excluding hydrogens is 312 g/mol. The summed E-state index contributed by atoms with van der Waals surface area (Å²) < 4.78 is 0. The van der Waals surface area contributed by atoms with E-state index in [1.165, 1.54) is 11.0 Å². The molecule has 0 atom stereocenters. The fourth-order valence-electron chi connectivity index (χ4n) is 1.92. The average Bonchev–Trinajstić information content (AvgIpc) is 2.52. The summed E-state index contributed by atoms with van der Waals surface area (Å²) in [4.78, 5) is 25.2. The first kappa shape index (κ1) is 16.8. The van der Waals surface area contributed by atoms with E-state index in [2.05, 4.69) is 5.32 Å². The molecule has 1 N–H and O–H groups in total. The molecule has 4 nitrogen and oxygen atoms in total. The van der Waals surface area contributed by atoms with E-state index in [9.17, 15) is 9.59 Å². The van der Waals surface area contributed by atoms with Gasteiger partial charge in [-0.25, -0.2) is 0 Å². The minimum Gasteiger partial charge on any atom is -0.345 e. The summed E-state index contributed by atoms with van der Waals surface area (Å²) in [5.41, 5.74) is 2.08. The van der Waals surface area contributed by atoms with Crippen molar-refractivity contribution < 1.29 is 9.59 Å². The van der Waals surface area contributed by atoms with Gasteiger partial charge in [-0.1, -0.05) is 29.8 Å². The molecule has 2 rings (SSSR count). The lowest BCUT2D eigenvalue weighted by molar-refractivity contribution is -0.111. The lowest BCUT2D eigenvalue weighted by atomic mass is 10.1. The Labute approximate surface area is 140 Å². The summed E-state index contributed by atoms with van der Waals surface area (Å²) in [7, 11) is 3.41. The molecule has 0 heterocycles. The van der Waals surface area contributed by atoms with Gasteiger partial charge in [0.1, 0.15) is 0 Å². The van der Waals surface area contributed by atoms with Gasteiger partial charge in [-0.3, -0.25) is 9.59 Å². The van der Waals surface area contributed by atoms with Crippen LogP contribution in [-0.4, -0.2) is 30.8 Å². The minimum atomic E-state index is -0.249. The molecule has 0 aliphatic rings. The highest BCUT2D eigenvalue weighted by Crippen LogP contribution is 2.15. The predicted octanol–water partition coefficient (Wildman–Crippen LogP) is 3.69. The van der Waals surface area contributed by atoms with E-state index in [1.54, 1.807) is 68.7 Å². The number of benzene rings is 2. The highest BCUT2D eigenvalue weighted by molar-refractivity contribution is 6.30. The second-order valence-corrected chi connectivity index (χ2v) is 5.59. The van der Waals surface area contributed by atoms with Crippen LogP contribution in [0.2, 0.25) is 5.02 Å². The van der Waals surface area contributed by atoms with E-state index in [4.69, 9.17) is 11.6 Å². The Bertz CT molecular complexity index is 737. The quantitative estimate of drug-likeness (QED) is 0.870. The summed E-state index contributed by atoms with van der Waals surface area (Å²) >= 11 is 5.86. The number of halogens is 1. The third-order valence-electron chi connectivity index (χ3n) is 3.08. The van der Waals surface area contributed by atoms with E-state index in [0.29, 0.717) is 16.3 Å². The zero-order valence-corrected chi connectivity index (χ0v) is 13.7. The molecule has 2 amide bonds. The van der Waals surface area contributed by atoms with Gasteiger partial charge in [-0.05, 0) is 42.0 Å². The Hall–Kier alpha value is -2.59. The molecule has 2 aromatic rings. The SMILES string of the molecule is CN(C)C(=O)c1ccc(/C=C/C(=O)Nc2cccc(Cl)c2)cc1. The van der Waals surface area contributed by atoms with Gasteiger partial charge in [0.2, 0.25) is 5.91 Å². The number of carbonyl (C=O) groups excluding carboxylic acids is 2. The normalized spacial score (nSPS) is 10.6. The molecule has 118 valence electrons. The number of hydrogen-bond donors (Lipinski definition) is 1. The molecule has 0 saturated heterocycles. The van der Waals surface area contributed by atoms with E-state index >= 15 is 0 Å². The average molecular weight is 329 g/mol. The van der Waals surface area contributed by atoms with Gasteiger partial charge in [0.15, 0.2) is 0 Å². The van der Waals surface area contributed by atoms with Crippen molar-refractivity contribution in [1.29, 1.82) is 0 Å². The number of anilines is 1. The van der Waals surface area contributed by atoms with Gasteiger partial charge in [0, 0.05) is 36.4 Å². The zero-order valence-electron chi connectivity index (χ0n) is 12.9. The molecule has 0 saturated carbocycles. The maximum atomic E-state index is 11.9. The van der Waals surface area contributed by atoms with Crippen molar-refractivity contribution in [3.05, 3.63) is 70.8 Å². The van der Waals surface area contributed by atoms with Crippen LogP contribution < -0.4 is 5.32 Å². The van der Waals surface area contributed by atoms with Crippen molar-refractivity contribution in [3.63, 3.8) is 0 Å². The fourth-order valence-corrected chi connectivity index (χ4v) is 2.11. The van der Waals surface area contributed by atoms with Crippen LogP contribution in [0, 0.1) is 0 Å². The number of hydrogen-bond acceptors (Lipinski definition) is 2. The number of rotatable bonds is 4. The third kappa shape index (κ3) is 4.97.